The monoisotopic (exact) mass is 276 g/mol. The lowest BCUT2D eigenvalue weighted by Gasteiger charge is -2.22. The van der Waals surface area contributed by atoms with Crippen LogP contribution in [0.5, 0.6) is 0 Å². The fourth-order valence-corrected chi connectivity index (χ4v) is 1.66. The van der Waals surface area contributed by atoms with E-state index in [1.54, 1.807) is 0 Å². The summed E-state index contributed by atoms with van der Waals surface area (Å²) in [6.07, 6.45) is -6.51. The molecule has 0 saturated heterocycles. The van der Waals surface area contributed by atoms with E-state index in [0.29, 0.717) is 5.56 Å². The number of hydrogen-bond acceptors (Lipinski definition) is 2. The Hall–Kier alpha value is -1.56. The smallest absolute Gasteiger partial charge is 0.418 e. The van der Waals surface area contributed by atoms with E-state index in [9.17, 15) is 18.0 Å². The molecule has 106 valence electrons. The van der Waals surface area contributed by atoms with Gasteiger partial charge in [-0.1, -0.05) is 24.3 Å². The van der Waals surface area contributed by atoms with Gasteiger partial charge >= 0.3 is 12.1 Å². The van der Waals surface area contributed by atoms with Crippen LogP contribution in [-0.2, 0) is 14.9 Å². The Kier molecular flexibility index (Phi) is 4.25. The normalized spacial score (nSPS) is 14.2. The molecule has 1 aromatic carbocycles. The van der Waals surface area contributed by atoms with Gasteiger partial charge < -0.3 is 9.84 Å². The van der Waals surface area contributed by atoms with Crippen LogP contribution in [0, 0.1) is 0 Å². The summed E-state index contributed by atoms with van der Waals surface area (Å²) < 4.78 is 42.4. The van der Waals surface area contributed by atoms with Crippen molar-refractivity contribution >= 4 is 5.97 Å². The SMILES string of the molecule is COC(c1ccc(C(C)(C)C(=O)O)cc1)C(F)(F)F. The van der Waals surface area contributed by atoms with E-state index in [2.05, 4.69) is 4.74 Å². The van der Waals surface area contributed by atoms with Crippen LogP contribution in [0.25, 0.3) is 0 Å². The third-order valence-electron chi connectivity index (χ3n) is 3.00. The van der Waals surface area contributed by atoms with Crippen LogP contribution in [-0.4, -0.2) is 24.4 Å². The molecule has 1 rings (SSSR count). The maximum Gasteiger partial charge on any atom is 0.418 e. The van der Waals surface area contributed by atoms with Crippen LogP contribution in [0.2, 0.25) is 0 Å². The zero-order chi connectivity index (χ0) is 14.8. The molecule has 19 heavy (non-hydrogen) atoms. The number of halogens is 3. The number of hydrogen-bond donors (Lipinski definition) is 1. The van der Waals surface area contributed by atoms with Crippen LogP contribution in [0.1, 0.15) is 31.1 Å². The fourth-order valence-electron chi connectivity index (χ4n) is 1.66. The number of methoxy groups -OCH3 is 1. The van der Waals surface area contributed by atoms with Gasteiger partial charge in [-0.15, -0.1) is 0 Å². The molecular formula is C13H15F3O3. The van der Waals surface area contributed by atoms with E-state index in [-0.39, 0.29) is 5.56 Å². The maximum absolute atomic E-state index is 12.6. The Morgan fingerprint density at radius 1 is 1.21 bits per heavy atom. The van der Waals surface area contributed by atoms with Gasteiger partial charge in [0.05, 0.1) is 5.41 Å². The molecule has 0 bridgehead atoms. The van der Waals surface area contributed by atoms with Crippen molar-refractivity contribution in [3.05, 3.63) is 35.4 Å². The Morgan fingerprint density at radius 3 is 2.00 bits per heavy atom. The van der Waals surface area contributed by atoms with E-state index in [0.717, 1.165) is 7.11 Å². The van der Waals surface area contributed by atoms with Gasteiger partial charge in [-0.05, 0) is 25.0 Å². The predicted molar refractivity (Wildman–Crippen MR) is 62.9 cm³/mol. The molecule has 0 aliphatic rings. The number of aliphatic carboxylic acids is 1. The third kappa shape index (κ3) is 3.26. The summed E-state index contributed by atoms with van der Waals surface area (Å²) in [5, 5.41) is 9.04. The van der Waals surface area contributed by atoms with Crippen molar-refractivity contribution < 1.29 is 27.8 Å². The molecule has 0 aliphatic heterocycles. The predicted octanol–water partition coefficient (Wildman–Crippen LogP) is 3.30. The number of rotatable bonds is 4. The number of ether oxygens (including phenoxy) is 1. The topological polar surface area (TPSA) is 46.5 Å². The standard InChI is InChI=1S/C13H15F3O3/c1-12(2,11(17)18)9-6-4-8(5-7-9)10(19-3)13(14,15)16/h4-7,10H,1-3H3,(H,17,18). The zero-order valence-electron chi connectivity index (χ0n) is 10.8. The highest BCUT2D eigenvalue weighted by molar-refractivity contribution is 5.80. The first-order valence-corrected chi connectivity index (χ1v) is 5.54. The van der Waals surface area contributed by atoms with E-state index < -0.39 is 23.7 Å². The first-order chi connectivity index (χ1) is 8.60. The molecule has 0 aromatic heterocycles. The summed E-state index contributed by atoms with van der Waals surface area (Å²) >= 11 is 0. The molecule has 1 atom stereocenters. The molecule has 1 unspecified atom stereocenters. The highest BCUT2D eigenvalue weighted by Gasteiger charge is 2.41. The molecule has 3 nitrogen and oxygen atoms in total. The number of carboxylic acid groups (broad SMARTS) is 1. The van der Waals surface area contributed by atoms with Gasteiger partial charge in [0.15, 0.2) is 6.10 Å². The van der Waals surface area contributed by atoms with Gasteiger partial charge in [0.2, 0.25) is 0 Å². The average Bonchev–Trinajstić information content (AvgIpc) is 2.28. The Morgan fingerprint density at radius 2 is 1.68 bits per heavy atom. The van der Waals surface area contributed by atoms with E-state index in [1.807, 2.05) is 0 Å². The van der Waals surface area contributed by atoms with Gasteiger partial charge in [-0.25, -0.2) is 0 Å². The summed E-state index contributed by atoms with van der Waals surface area (Å²) in [5.41, 5.74) is -0.778. The third-order valence-corrected chi connectivity index (χ3v) is 3.00. The quantitative estimate of drug-likeness (QED) is 0.917. The van der Waals surface area contributed by atoms with Crippen molar-refractivity contribution in [2.75, 3.05) is 7.11 Å². The highest BCUT2D eigenvalue weighted by atomic mass is 19.4. The largest absolute Gasteiger partial charge is 0.481 e. The molecular weight excluding hydrogens is 261 g/mol. The highest BCUT2D eigenvalue weighted by Crippen LogP contribution is 2.36. The number of carbonyl (C=O) groups is 1. The fraction of sp³-hybridized carbons (Fsp3) is 0.462. The summed E-state index contributed by atoms with van der Waals surface area (Å²) in [7, 11) is 0.979. The molecule has 0 saturated carbocycles. The summed E-state index contributed by atoms with van der Waals surface area (Å²) in [4.78, 5) is 11.1. The summed E-state index contributed by atoms with van der Waals surface area (Å²) in [5.74, 6) is -1.04. The Bertz CT molecular complexity index is 449. The first-order valence-electron chi connectivity index (χ1n) is 5.54. The lowest BCUT2D eigenvalue weighted by Crippen LogP contribution is -2.28. The summed E-state index contributed by atoms with van der Waals surface area (Å²) in [6, 6.07) is 5.23. The first kappa shape index (κ1) is 15.5. The Balaban J connectivity index is 3.09. The van der Waals surface area contributed by atoms with Crippen LogP contribution in [0.3, 0.4) is 0 Å². The molecule has 1 N–H and O–H groups in total. The van der Waals surface area contributed by atoms with Gasteiger partial charge in [0.25, 0.3) is 0 Å². The lowest BCUT2D eigenvalue weighted by atomic mass is 9.84. The lowest BCUT2D eigenvalue weighted by molar-refractivity contribution is -0.216. The van der Waals surface area contributed by atoms with Crippen molar-refractivity contribution in [2.24, 2.45) is 0 Å². The number of carboxylic acids is 1. The van der Waals surface area contributed by atoms with Crippen molar-refractivity contribution in [2.45, 2.75) is 31.5 Å². The van der Waals surface area contributed by atoms with Crippen molar-refractivity contribution in [3.63, 3.8) is 0 Å². The van der Waals surface area contributed by atoms with Crippen LogP contribution in [0.15, 0.2) is 24.3 Å². The van der Waals surface area contributed by atoms with Crippen molar-refractivity contribution in [1.82, 2.24) is 0 Å². The molecule has 0 heterocycles. The minimum Gasteiger partial charge on any atom is -0.481 e. The van der Waals surface area contributed by atoms with E-state index in [4.69, 9.17) is 5.11 Å². The minimum absolute atomic E-state index is 0.0556. The van der Waals surface area contributed by atoms with Crippen molar-refractivity contribution in [3.8, 4) is 0 Å². The molecule has 0 amide bonds. The zero-order valence-corrected chi connectivity index (χ0v) is 10.8. The van der Waals surface area contributed by atoms with Crippen LogP contribution >= 0.6 is 0 Å². The van der Waals surface area contributed by atoms with E-state index in [1.165, 1.54) is 38.1 Å². The molecule has 6 heteroatoms. The second kappa shape index (κ2) is 5.21. The average molecular weight is 276 g/mol. The van der Waals surface area contributed by atoms with Gasteiger partial charge in [-0.2, -0.15) is 13.2 Å². The maximum atomic E-state index is 12.6. The van der Waals surface area contributed by atoms with Crippen LogP contribution < -0.4 is 0 Å². The van der Waals surface area contributed by atoms with Crippen molar-refractivity contribution in [1.29, 1.82) is 0 Å². The van der Waals surface area contributed by atoms with Crippen LogP contribution in [0.4, 0.5) is 13.2 Å². The number of benzene rings is 1. The van der Waals surface area contributed by atoms with Gasteiger partial charge in [0.1, 0.15) is 0 Å². The molecule has 0 fully saturated rings. The molecule has 1 aromatic rings. The van der Waals surface area contributed by atoms with Gasteiger partial charge in [-0.3, -0.25) is 4.79 Å². The molecule has 0 aliphatic carbocycles. The minimum atomic E-state index is -4.50. The van der Waals surface area contributed by atoms with Gasteiger partial charge in [0, 0.05) is 7.11 Å². The molecule has 0 spiro atoms. The number of alkyl halides is 3. The second-order valence-electron chi connectivity index (χ2n) is 4.71. The van der Waals surface area contributed by atoms with E-state index >= 15 is 0 Å². The summed E-state index contributed by atoms with van der Waals surface area (Å²) in [6.45, 7) is 2.98. The Labute approximate surface area is 109 Å². The second-order valence-corrected chi connectivity index (χ2v) is 4.71. The molecule has 0 radical (unpaired) electrons.